The van der Waals surface area contributed by atoms with E-state index in [-0.39, 0.29) is 12.4 Å². The van der Waals surface area contributed by atoms with Gasteiger partial charge in [0, 0.05) is 13.2 Å². The molecule has 102 valence electrons. The van der Waals surface area contributed by atoms with E-state index in [1.807, 2.05) is 6.92 Å². The van der Waals surface area contributed by atoms with Crippen molar-refractivity contribution in [2.75, 3.05) is 19.7 Å². The highest BCUT2D eigenvalue weighted by molar-refractivity contribution is 5.18. The Hall–Kier alpha value is -0.970. The Kier molecular flexibility index (Phi) is 6.86. The average Bonchev–Trinajstić information content (AvgIpc) is 2.38. The topological polar surface area (TPSA) is 52.5 Å². The van der Waals surface area contributed by atoms with Gasteiger partial charge in [-0.15, -0.1) is 0 Å². The van der Waals surface area contributed by atoms with Crippen LogP contribution in [0.4, 0.5) is 4.39 Å². The van der Waals surface area contributed by atoms with Gasteiger partial charge >= 0.3 is 0 Å². The summed E-state index contributed by atoms with van der Waals surface area (Å²) in [5.74, 6) is 0.0331. The zero-order valence-corrected chi connectivity index (χ0v) is 10.8. The van der Waals surface area contributed by atoms with Crippen LogP contribution in [0.5, 0.6) is 0 Å². The third kappa shape index (κ3) is 5.58. The number of hydrogen-bond acceptors (Lipinski definition) is 3. The van der Waals surface area contributed by atoms with E-state index in [0.29, 0.717) is 18.0 Å². The van der Waals surface area contributed by atoms with Crippen LogP contribution < -0.4 is 5.32 Å². The van der Waals surface area contributed by atoms with Gasteiger partial charge in [0.15, 0.2) is 0 Å². The molecule has 0 aliphatic heterocycles. The van der Waals surface area contributed by atoms with Gasteiger partial charge < -0.3 is 15.5 Å². The second kappa shape index (κ2) is 8.19. The number of benzene rings is 1. The van der Waals surface area contributed by atoms with Crippen molar-refractivity contribution in [3.05, 3.63) is 35.6 Å². The zero-order valence-electron chi connectivity index (χ0n) is 10.8. The van der Waals surface area contributed by atoms with E-state index < -0.39 is 6.10 Å². The molecule has 18 heavy (non-hydrogen) atoms. The Bertz CT molecular complexity index is 329. The Morgan fingerprint density at radius 1 is 1.28 bits per heavy atom. The number of rotatable bonds is 8. The molecule has 2 atom stereocenters. The molecule has 0 saturated heterocycles. The molecule has 0 aromatic heterocycles. The molecular formula is C14H22FNO2. The van der Waals surface area contributed by atoms with Gasteiger partial charge in [-0.3, -0.25) is 0 Å². The van der Waals surface area contributed by atoms with Crippen LogP contribution in [-0.4, -0.2) is 29.9 Å². The molecule has 1 aromatic carbocycles. The summed E-state index contributed by atoms with van der Waals surface area (Å²) in [6, 6.07) is 5.88. The number of hydrogen-bond donors (Lipinski definition) is 3. The molecule has 2 unspecified atom stereocenters. The van der Waals surface area contributed by atoms with Crippen molar-refractivity contribution in [3.8, 4) is 0 Å². The lowest BCUT2D eigenvalue weighted by atomic mass is 10.1. The van der Waals surface area contributed by atoms with Crippen molar-refractivity contribution >= 4 is 0 Å². The number of aliphatic hydroxyl groups is 2. The fourth-order valence-electron chi connectivity index (χ4n) is 1.71. The SMILES string of the molecule is CC(CO)CCCNCC(O)c1ccc(F)cc1. The largest absolute Gasteiger partial charge is 0.396 e. The maximum Gasteiger partial charge on any atom is 0.123 e. The second-order valence-electron chi connectivity index (χ2n) is 4.70. The summed E-state index contributed by atoms with van der Waals surface area (Å²) >= 11 is 0. The van der Waals surface area contributed by atoms with Crippen LogP contribution in [0.25, 0.3) is 0 Å². The van der Waals surface area contributed by atoms with Crippen LogP contribution >= 0.6 is 0 Å². The van der Waals surface area contributed by atoms with Gasteiger partial charge in [-0.1, -0.05) is 19.1 Å². The fourth-order valence-corrected chi connectivity index (χ4v) is 1.71. The van der Waals surface area contributed by atoms with Crippen LogP contribution in [-0.2, 0) is 0 Å². The minimum absolute atomic E-state index is 0.220. The summed E-state index contributed by atoms with van der Waals surface area (Å²) in [5.41, 5.74) is 0.715. The first kappa shape index (κ1) is 15.1. The molecule has 0 radical (unpaired) electrons. The predicted octanol–water partition coefficient (Wildman–Crippen LogP) is 1.86. The third-order valence-corrected chi connectivity index (χ3v) is 2.95. The normalized spacial score (nSPS) is 14.4. The summed E-state index contributed by atoms with van der Waals surface area (Å²) in [4.78, 5) is 0. The maximum atomic E-state index is 12.7. The maximum absolute atomic E-state index is 12.7. The van der Waals surface area contributed by atoms with Crippen molar-refractivity contribution in [2.45, 2.75) is 25.9 Å². The monoisotopic (exact) mass is 255 g/mol. The first-order valence-electron chi connectivity index (χ1n) is 6.38. The molecule has 3 N–H and O–H groups in total. The lowest BCUT2D eigenvalue weighted by molar-refractivity contribution is 0.173. The van der Waals surface area contributed by atoms with Crippen LogP contribution in [0.3, 0.4) is 0 Å². The Morgan fingerprint density at radius 2 is 1.94 bits per heavy atom. The first-order valence-corrected chi connectivity index (χ1v) is 6.38. The molecule has 0 heterocycles. The quantitative estimate of drug-likeness (QED) is 0.621. The van der Waals surface area contributed by atoms with Gasteiger partial charge in [0.1, 0.15) is 5.82 Å². The minimum Gasteiger partial charge on any atom is -0.396 e. The summed E-state index contributed by atoms with van der Waals surface area (Å²) in [5, 5.41) is 21.9. The highest BCUT2D eigenvalue weighted by atomic mass is 19.1. The van der Waals surface area contributed by atoms with E-state index in [0.717, 1.165) is 19.4 Å². The smallest absolute Gasteiger partial charge is 0.123 e. The summed E-state index contributed by atoms with van der Waals surface area (Å²) in [6.07, 6.45) is 1.33. The molecule has 0 amide bonds. The van der Waals surface area contributed by atoms with Crippen molar-refractivity contribution in [1.29, 1.82) is 0 Å². The standard InChI is InChI=1S/C14H22FNO2/c1-11(10-17)3-2-8-16-9-14(18)12-4-6-13(15)7-5-12/h4-7,11,14,16-18H,2-3,8-10H2,1H3. The molecule has 0 bridgehead atoms. The molecule has 0 saturated carbocycles. The van der Waals surface area contributed by atoms with E-state index in [1.165, 1.54) is 12.1 Å². The number of halogens is 1. The van der Waals surface area contributed by atoms with E-state index in [4.69, 9.17) is 5.11 Å². The summed E-state index contributed by atoms with van der Waals surface area (Å²) < 4.78 is 12.7. The minimum atomic E-state index is -0.610. The van der Waals surface area contributed by atoms with Gasteiger partial charge in [0.25, 0.3) is 0 Å². The molecule has 0 spiro atoms. The predicted molar refractivity (Wildman–Crippen MR) is 69.7 cm³/mol. The number of nitrogens with one attached hydrogen (secondary N) is 1. The molecule has 1 aromatic rings. The second-order valence-corrected chi connectivity index (χ2v) is 4.70. The van der Waals surface area contributed by atoms with Gasteiger partial charge in [-0.2, -0.15) is 0 Å². The van der Waals surface area contributed by atoms with Gasteiger partial charge in [-0.25, -0.2) is 4.39 Å². The Balaban J connectivity index is 2.17. The highest BCUT2D eigenvalue weighted by Gasteiger charge is 2.06. The average molecular weight is 255 g/mol. The fraction of sp³-hybridized carbons (Fsp3) is 0.571. The molecule has 1 rings (SSSR count). The third-order valence-electron chi connectivity index (χ3n) is 2.95. The van der Waals surface area contributed by atoms with Crippen LogP contribution in [0.15, 0.2) is 24.3 Å². The van der Waals surface area contributed by atoms with E-state index in [1.54, 1.807) is 12.1 Å². The van der Waals surface area contributed by atoms with Gasteiger partial charge in [0.05, 0.1) is 6.10 Å². The van der Waals surface area contributed by atoms with Gasteiger partial charge in [-0.05, 0) is 43.0 Å². The Morgan fingerprint density at radius 3 is 2.56 bits per heavy atom. The summed E-state index contributed by atoms with van der Waals surface area (Å²) in [7, 11) is 0. The number of aliphatic hydroxyl groups excluding tert-OH is 2. The Labute approximate surface area is 108 Å². The van der Waals surface area contributed by atoms with Crippen molar-refractivity contribution < 1.29 is 14.6 Å². The molecule has 0 aliphatic carbocycles. The molecule has 0 aliphatic rings. The lowest BCUT2D eigenvalue weighted by Gasteiger charge is -2.13. The van der Waals surface area contributed by atoms with Crippen LogP contribution in [0.2, 0.25) is 0 Å². The first-order chi connectivity index (χ1) is 8.63. The molecule has 0 fully saturated rings. The van der Waals surface area contributed by atoms with E-state index in [9.17, 15) is 9.50 Å². The summed E-state index contributed by atoms with van der Waals surface area (Å²) in [6.45, 7) is 3.49. The van der Waals surface area contributed by atoms with E-state index >= 15 is 0 Å². The lowest BCUT2D eigenvalue weighted by Crippen LogP contribution is -2.23. The van der Waals surface area contributed by atoms with Crippen LogP contribution in [0, 0.1) is 11.7 Å². The molecule has 4 heteroatoms. The molecule has 3 nitrogen and oxygen atoms in total. The van der Waals surface area contributed by atoms with Crippen LogP contribution in [0.1, 0.15) is 31.4 Å². The molecular weight excluding hydrogens is 233 g/mol. The zero-order chi connectivity index (χ0) is 13.4. The highest BCUT2D eigenvalue weighted by Crippen LogP contribution is 2.12. The van der Waals surface area contributed by atoms with Crippen molar-refractivity contribution in [2.24, 2.45) is 5.92 Å². The van der Waals surface area contributed by atoms with Crippen molar-refractivity contribution in [3.63, 3.8) is 0 Å². The van der Waals surface area contributed by atoms with Gasteiger partial charge in [0.2, 0.25) is 0 Å². The van der Waals surface area contributed by atoms with Crippen molar-refractivity contribution in [1.82, 2.24) is 5.32 Å². The van der Waals surface area contributed by atoms with E-state index in [2.05, 4.69) is 5.32 Å².